The average Bonchev–Trinajstić information content (AvgIpc) is 1.96. The first-order chi connectivity index (χ1) is 5.27. The quantitative estimate of drug-likeness (QED) is 0.436. The van der Waals surface area contributed by atoms with Crippen molar-refractivity contribution in [3.8, 4) is 0 Å². The maximum absolute atomic E-state index is 2.41. The van der Waals surface area contributed by atoms with E-state index < -0.39 is 0 Å². The zero-order valence-corrected chi connectivity index (χ0v) is 13.6. The molecule has 2 heteroatoms. The first-order valence-corrected chi connectivity index (χ1v) is 7.77. The van der Waals surface area contributed by atoms with Gasteiger partial charge in [-0.15, -0.1) is 0 Å². The second-order valence-electron chi connectivity index (χ2n) is 3.72. The third-order valence-corrected chi connectivity index (χ3v) is 3.38. The number of unbranched alkanes of at least 4 members (excludes halogenated alkanes) is 5. The van der Waals surface area contributed by atoms with E-state index in [0.29, 0.717) is 0 Å². The van der Waals surface area contributed by atoms with Gasteiger partial charge in [-0.3, -0.25) is 8.80 Å². The molecular formula is C10H23KSi. The number of hydrogen-bond donors (Lipinski definition) is 0. The maximum Gasteiger partial charge on any atom is 1.00 e. The molecule has 0 heterocycles. The van der Waals surface area contributed by atoms with Crippen molar-refractivity contribution < 1.29 is 51.4 Å². The van der Waals surface area contributed by atoms with E-state index in [4.69, 9.17) is 0 Å². The number of rotatable bonds is 7. The number of hydrogen-bond acceptors (Lipinski definition) is 0. The molecule has 0 saturated heterocycles. The van der Waals surface area contributed by atoms with Crippen molar-refractivity contribution in [2.75, 3.05) is 0 Å². The van der Waals surface area contributed by atoms with Crippen LogP contribution in [0, 0.1) is 0 Å². The molecule has 0 amide bonds. The maximum atomic E-state index is 2.41. The van der Waals surface area contributed by atoms with Crippen molar-refractivity contribution >= 4 is 8.80 Å². The van der Waals surface area contributed by atoms with Crippen LogP contribution in [0.1, 0.15) is 45.4 Å². The van der Waals surface area contributed by atoms with Crippen LogP contribution < -0.4 is 51.4 Å². The monoisotopic (exact) mass is 210 g/mol. The Morgan fingerprint density at radius 2 is 1.33 bits per heavy atom. The molecule has 68 valence electrons. The van der Waals surface area contributed by atoms with Crippen molar-refractivity contribution in [1.82, 2.24) is 0 Å². The summed E-state index contributed by atoms with van der Waals surface area (Å²) in [5.41, 5.74) is 0. The molecule has 0 atom stereocenters. The van der Waals surface area contributed by atoms with Crippen LogP contribution in [0.15, 0.2) is 0 Å². The van der Waals surface area contributed by atoms with Gasteiger partial charge in [-0.05, 0) is 0 Å². The minimum atomic E-state index is 0. The molecule has 0 aromatic rings. The Morgan fingerprint density at radius 1 is 0.833 bits per heavy atom. The van der Waals surface area contributed by atoms with Crippen LogP contribution >= 0.6 is 0 Å². The van der Waals surface area contributed by atoms with Crippen LogP contribution in [0.5, 0.6) is 0 Å². The summed E-state index contributed by atoms with van der Waals surface area (Å²) in [5, 5.41) is 0. The molecule has 0 radical (unpaired) electrons. The summed E-state index contributed by atoms with van der Waals surface area (Å²) in [6, 6.07) is 1.52. The Morgan fingerprint density at radius 3 is 1.83 bits per heavy atom. The molecule has 12 heavy (non-hydrogen) atoms. The topological polar surface area (TPSA) is 0 Å². The fourth-order valence-electron chi connectivity index (χ4n) is 1.26. The molecule has 0 aliphatic carbocycles. The summed E-state index contributed by atoms with van der Waals surface area (Å²) in [4.78, 5) is 0. The average molecular weight is 210 g/mol. The van der Waals surface area contributed by atoms with Gasteiger partial charge in [0.1, 0.15) is 0 Å². The molecule has 0 fully saturated rings. The molecule has 0 aromatic carbocycles. The largest absolute Gasteiger partial charge is 1.00 e. The van der Waals surface area contributed by atoms with E-state index in [-0.39, 0.29) is 60.2 Å². The van der Waals surface area contributed by atoms with Crippen LogP contribution in [0.25, 0.3) is 0 Å². The van der Waals surface area contributed by atoms with Crippen LogP contribution in [0.3, 0.4) is 0 Å². The minimum absolute atomic E-state index is 0. The summed E-state index contributed by atoms with van der Waals surface area (Å²) >= 11 is 0. The van der Waals surface area contributed by atoms with Gasteiger partial charge < -0.3 is 0 Å². The van der Waals surface area contributed by atoms with Crippen LogP contribution in [-0.4, -0.2) is 8.80 Å². The summed E-state index contributed by atoms with van der Waals surface area (Å²) in [5.74, 6) is 0. The molecule has 0 spiro atoms. The fourth-order valence-corrected chi connectivity index (χ4v) is 2.22. The second-order valence-corrected chi connectivity index (χ2v) is 6.64. The van der Waals surface area contributed by atoms with Crippen molar-refractivity contribution in [3.05, 3.63) is 0 Å². The van der Waals surface area contributed by atoms with Gasteiger partial charge in [0.15, 0.2) is 0 Å². The Kier molecular flexibility index (Phi) is 17.4. The molecule has 0 aliphatic rings. The van der Waals surface area contributed by atoms with Crippen LogP contribution in [0.2, 0.25) is 19.1 Å². The van der Waals surface area contributed by atoms with Gasteiger partial charge >= 0.3 is 51.4 Å². The van der Waals surface area contributed by atoms with E-state index in [2.05, 4.69) is 20.0 Å². The molecule has 0 rings (SSSR count). The van der Waals surface area contributed by atoms with Crippen molar-refractivity contribution in [1.29, 1.82) is 0 Å². The van der Waals surface area contributed by atoms with Gasteiger partial charge in [-0.2, -0.15) is 19.1 Å². The van der Waals surface area contributed by atoms with Crippen molar-refractivity contribution in [2.45, 2.75) is 64.6 Å². The summed E-state index contributed by atoms with van der Waals surface area (Å²) in [6.07, 6.45) is 8.72. The summed E-state index contributed by atoms with van der Waals surface area (Å²) in [7, 11) is 0.0728. The first-order valence-electron chi connectivity index (χ1n) is 5.06. The van der Waals surface area contributed by atoms with E-state index >= 15 is 0 Å². The van der Waals surface area contributed by atoms with E-state index in [1.165, 1.54) is 44.6 Å². The van der Waals surface area contributed by atoms with E-state index in [1.807, 2.05) is 0 Å². The van der Waals surface area contributed by atoms with E-state index in [1.54, 1.807) is 0 Å². The van der Waals surface area contributed by atoms with Gasteiger partial charge in [-0.1, -0.05) is 45.4 Å². The predicted molar refractivity (Wildman–Crippen MR) is 55.7 cm³/mol. The van der Waals surface area contributed by atoms with Gasteiger partial charge in [0.05, 0.1) is 0 Å². The Hall–Kier alpha value is 1.85. The van der Waals surface area contributed by atoms with Gasteiger partial charge in [0.25, 0.3) is 0 Å². The first kappa shape index (κ1) is 16.3. The Bertz CT molecular complexity index is 74.2. The minimum Gasteiger partial charge on any atom is -0.267 e. The zero-order chi connectivity index (χ0) is 8.53. The molecule has 0 unspecified atom stereocenters. The fraction of sp³-hybridized carbons (Fsp3) is 1.00. The van der Waals surface area contributed by atoms with Crippen LogP contribution in [0.4, 0.5) is 0 Å². The molecule has 0 nitrogen and oxygen atoms in total. The third kappa shape index (κ3) is 14.4. The second kappa shape index (κ2) is 12.9. The van der Waals surface area contributed by atoms with Crippen molar-refractivity contribution in [3.63, 3.8) is 0 Å². The summed E-state index contributed by atoms with van der Waals surface area (Å²) in [6.45, 7) is 7.10. The molecular weight excluding hydrogens is 187 g/mol. The normalized spacial score (nSPS) is 10.0. The molecule has 0 N–H and O–H groups in total. The van der Waals surface area contributed by atoms with Crippen LogP contribution in [-0.2, 0) is 0 Å². The summed E-state index contributed by atoms with van der Waals surface area (Å²) < 4.78 is 0. The third-order valence-electron chi connectivity index (χ3n) is 2.03. The van der Waals surface area contributed by atoms with Gasteiger partial charge in [0.2, 0.25) is 0 Å². The Labute approximate surface area is 123 Å². The molecule has 0 bridgehead atoms. The zero-order valence-electron chi connectivity index (χ0n) is 9.45. The SMILES string of the molecule is CCCCCCCC[Si-](C)C.[K+]. The van der Waals surface area contributed by atoms with Gasteiger partial charge in [0, 0.05) is 0 Å². The van der Waals surface area contributed by atoms with Crippen molar-refractivity contribution in [2.24, 2.45) is 0 Å². The standard InChI is InChI=1S/C10H23Si.K/c1-4-5-6-7-8-9-10-11(2)3;/h4-10H2,1-3H3;/q-1;+1. The van der Waals surface area contributed by atoms with E-state index in [0.717, 1.165) is 0 Å². The van der Waals surface area contributed by atoms with E-state index in [9.17, 15) is 0 Å². The predicted octanol–water partition coefficient (Wildman–Crippen LogP) is 1.11. The molecule has 0 saturated carbocycles. The molecule has 0 aromatic heterocycles. The molecule has 0 aliphatic heterocycles. The smallest absolute Gasteiger partial charge is 0.267 e. The van der Waals surface area contributed by atoms with Gasteiger partial charge in [-0.25, -0.2) is 0 Å². The Balaban J connectivity index is 0.